The van der Waals surface area contributed by atoms with Crippen molar-refractivity contribution in [3.8, 4) is 11.8 Å². The van der Waals surface area contributed by atoms with E-state index in [4.69, 9.17) is 10.00 Å². The van der Waals surface area contributed by atoms with Crippen LogP contribution in [0.2, 0.25) is 0 Å². The molecule has 0 aromatic heterocycles. The highest BCUT2D eigenvalue weighted by Crippen LogP contribution is 2.16. The summed E-state index contributed by atoms with van der Waals surface area (Å²) >= 11 is 0. The fraction of sp³-hybridized carbons (Fsp3) is 0.500. The van der Waals surface area contributed by atoms with Crippen molar-refractivity contribution >= 4 is 0 Å². The number of ether oxygens (including phenoxy) is 1. The largest absolute Gasteiger partial charge is 0.491 e. The monoisotopic (exact) mass is 232 g/mol. The molecule has 3 heteroatoms. The van der Waals surface area contributed by atoms with Crippen molar-refractivity contribution in [1.82, 2.24) is 4.90 Å². The molecular weight excluding hydrogens is 212 g/mol. The second-order valence-electron chi connectivity index (χ2n) is 4.61. The van der Waals surface area contributed by atoms with E-state index in [1.54, 1.807) is 6.07 Å². The Labute approximate surface area is 104 Å². The lowest BCUT2D eigenvalue weighted by Gasteiger charge is -2.19. The van der Waals surface area contributed by atoms with Crippen LogP contribution in [0, 0.1) is 17.2 Å². The topological polar surface area (TPSA) is 36.3 Å². The smallest absolute Gasteiger partial charge is 0.137 e. The van der Waals surface area contributed by atoms with E-state index in [1.807, 2.05) is 18.2 Å². The average molecular weight is 232 g/mol. The summed E-state index contributed by atoms with van der Waals surface area (Å²) in [6.07, 6.45) is 0. The predicted octanol–water partition coefficient (Wildman–Crippen LogP) is 2.52. The number of para-hydroxylation sites is 1. The summed E-state index contributed by atoms with van der Waals surface area (Å²) in [4.78, 5) is 2.24. The maximum atomic E-state index is 8.91. The van der Waals surface area contributed by atoms with Gasteiger partial charge in [0.25, 0.3) is 0 Å². The van der Waals surface area contributed by atoms with E-state index in [0.717, 1.165) is 13.1 Å². The highest BCUT2D eigenvalue weighted by molar-refractivity contribution is 5.42. The molecule has 0 aliphatic carbocycles. The molecule has 0 aliphatic heterocycles. The molecular formula is C14H20N2O. The first-order valence-corrected chi connectivity index (χ1v) is 5.94. The molecule has 0 spiro atoms. The van der Waals surface area contributed by atoms with Crippen LogP contribution >= 0.6 is 0 Å². The molecule has 0 fully saturated rings. The maximum absolute atomic E-state index is 8.91. The normalized spacial score (nSPS) is 10.6. The molecule has 0 heterocycles. The predicted molar refractivity (Wildman–Crippen MR) is 69.0 cm³/mol. The Morgan fingerprint density at radius 3 is 2.71 bits per heavy atom. The van der Waals surface area contributed by atoms with Gasteiger partial charge in [0.1, 0.15) is 18.4 Å². The minimum atomic E-state index is 0.596. The van der Waals surface area contributed by atoms with Gasteiger partial charge in [-0.1, -0.05) is 26.0 Å². The fourth-order valence-electron chi connectivity index (χ4n) is 1.71. The Hall–Kier alpha value is -1.53. The van der Waals surface area contributed by atoms with Crippen LogP contribution in [0.3, 0.4) is 0 Å². The van der Waals surface area contributed by atoms with Gasteiger partial charge in [-0.3, -0.25) is 0 Å². The molecule has 0 bridgehead atoms. The molecule has 0 saturated carbocycles. The van der Waals surface area contributed by atoms with Crippen LogP contribution in [0.1, 0.15) is 19.4 Å². The molecule has 0 aliphatic rings. The number of hydrogen-bond donors (Lipinski definition) is 0. The third-order valence-electron chi connectivity index (χ3n) is 2.41. The van der Waals surface area contributed by atoms with Crippen LogP contribution in [0.15, 0.2) is 24.3 Å². The molecule has 0 amide bonds. The number of nitriles is 1. The van der Waals surface area contributed by atoms with Gasteiger partial charge in [0, 0.05) is 13.1 Å². The molecule has 92 valence electrons. The summed E-state index contributed by atoms with van der Waals surface area (Å²) in [5.74, 6) is 1.33. The van der Waals surface area contributed by atoms with E-state index < -0.39 is 0 Å². The van der Waals surface area contributed by atoms with Crippen molar-refractivity contribution in [3.05, 3.63) is 29.8 Å². The van der Waals surface area contributed by atoms with Gasteiger partial charge in [0.15, 0.2) is 0 Å². The number of benzene rings is 1. The van der Waals surface area contributed by atoms with Crippen molar-refractivity contribution in [2.24, 2.45) is 5.92 Å². The highest BCUT2D eigenvalue weighted by atomic mass is 16.5. The molecule has 0 N–H and O–H groups in total. The standard InChI is InChI=1S/C14H20N2O/c1-12(2)11-16(3)8-9-17-14-7-5-4-6-13(14)10-15/h4-7,12H,8-9,11H2,1-3H3. The van der Waals surface area contributed by atoms with Gasteiger partial charge in [0.05, 0.1) is 5.56 Å². The zero-order valence-corrected chi connectivity index (χ0v) is 10.8. The van der Waals surface area contributed by atoms with E-state index in [9.17, 15) is 0 Å². The molecule has 3 nitrogen and oxygen atoms in total. The van der Waals surface area contributed by atoms with Crippen LogP contribution in [0.25, 0.3) is 0 Å². The minimum Gasteiger partial charge on any atom is -0.491 e. The van der Waals surface area contributed by atoms with Gasteiger partial charge in [-0.05, 0) is 25.1 Å². The Kier molecular flexibility index (Phi) is 5.51. The van der Waals surface area contributed by atoms with E-state index in [0.29, 0.717) is 23.8 Å². The molecule has 0 unspecified atom stereocenters. The Bertz CT molecular complexity index is 382. The van der Waals surface area contributed by atoms with Crippen LogP contribution in [-0.2, 0) is 0 Å². The lowest BCUT2D eigenvalue weighted by Crippen LogP contribution is -2.28. The molecule has 1 aromatic carbocycles. The minimum absolute atomic E-state index is 0.596. The lowest BCUT2D eigenvalue weighted by atomic mass is 10.2. The van der Waals surface area contributed by atoms with Crippen LogP contribution in [0.5, 0.6) is 5.75 Å². The van der Waals surface area contributed by atoms with E-state index in [2.05, 4.69) is 31.9 Å². The highest BCUT2D eigenvalue weighted by Gasteiger charge is 2.04. The zero-order valence-electron chi connectivity index (χ0n) is 10.8. The zero-order chi connectivity index (χ0) is 12.7. The number of rotatable bonds is 6. The molecule has 17 heavy (non-hydrogen) atoms. The van der Waals surface area contributed by atoms with Crippen molar-refractivity contribution in [2.75, 3.05) is 26.7 Å². The van der Waals surface area contributed by atoms with Crippen molar-refractivity contribution in [1.29, 1.82) is 5.26 Å². The number of likely N-dealkylation sites (N-methyl/N-ethyl adjacent to an activating group) is 1. The second-order valence-corrected chi connectivity index (χ2v) is 4.61. The molecule has 0 radical (unpaired) electrons. The first-order valence-electron chi connectivity index (χ1n) is 5.94. The summed E-state index contributed by atoms with van der Waals surface area (Å²) in [5.41, 5.74) is 0.596. The maximum Gasteiger partial charge on any atom is 0.137 e. The number of nitrogens with zero attached hydrogens (tertiary/aromatic N) is 2. The first kappa shape index (κ1) is 13.5. The fourth-order valence-corrected chi connectivity index (χ4v) is 1.71. The quantitative estimate of drug-likeness (QED) is 0.756. The lowest BCUT2D eigenvalue weighted by molar-refractivity contribution is 0.222. The Morgan fingerprint density at radius 1 is 1.35 bits per heavy atom. The summed E-state index contributed by atoms with van der Waals surface area (Å²) in [6.45, 7) is 6.94. The first-order chi connectivity index (χ1) is 8.13. The van der Waals surface area contributed by atoms with Crippen molar-refractivity contribution < 1.29 is 4.74 Å². The van der Waals surface area contributed by atoms with Crippen molar-refractivity contribution in [2.45, 2.75) is 13.8 Å². The van der Waals surface area contributed by atoms with Gasteiger partial charge in [0.2, 0.25) is 0 Å². The molecule has 0 atom stereocenters. The second kappa shape index (κ2) is 6.93. The number of hydrogen-bond acceptors (Lipinski definition) is 3. The Balaban J connectivity index is 2.38. The van der Waals surface area contributed by atoms with E-state index in [-0.39, 0.29) is 0 Å². The summed E-state index contributed by atoms with van der Waals surface area (Å²) in [7, 11) is 2.08. The summed E-state index contributed by atoms with van der Waals surface area (Å²) in [5, 5.41) is 8.91. The van der Waals surface area contributed by atoms with Gasteiger partial charge < -0.3 is 9.64 Å². The van der Waals surface area contributed by atoms with Crippen molar-refractivity contribution in [3.63, 3.8) is 0 Å². The molecule has 1 aromatic rings. The summed E-state index contributed by atoms with van der Waals surface area (Å²) in [6, 6.07) is 9.46. The van der Waals surface area contributed by atoms with Crippen LogP contribution in [0.4, 0.5) is 0 Å². The van der Waals surface area contributed by atoms with Gasteiger partial charge in [-0.2, -0.15) is 5.26 Å². The third-order valence-corrected chi connectivity index (χ3v) is 2.41. The van der Waals surface area contributed by atoms with Gasteiger partial charge in [-0.25, -0.2) is 0 Å². The van der Waals surface area contributed by atoms with E-state index >= 15 is 0 Å². The van der Waals surface area contributed by atoms with Crippen LogP contribution in [-0.4, -0.2) is 31.6 Å². The molecule has 0 saturated heterocycles. The SMILES string of the molecule is CC(C)CN(C)CCOc1ccccc1C#N. The Morgan fingerprint density at radius 2 is 2.06 bits per heavy atom. The van der Waals surface area contributed by atoms with Crippen LogP contribution < -0.4 is 4.74 Å². The van der Waals surface area contributed by atoms with Gasteiger partial charge >= 0.3 is 0 Å². The average Bonchev–Trinajstić information content (AvgIpc) is 2.28. The molecule has 1 rings (SSSR count). The van der Waals surface area contributed by atoms with E-state index in [1.165, 1.54) is 0 Å². The summed E-state index contributed by atoms with van der Waals surface area (Å²) < 4.78 is 5.62. The third kappa shape index (κ3) is 4.88. The van der Waals surface area contributed by atoms with Gasteiger partial charge in [-0.15, -0.1) is 0 Å².